The summed E-state index contributed by atoms with van der Waals surface area (Å²) in [7, 11) is 0. The zero-order chi connectivity index (χ0) is 18.8. The van der Waals surface area contributed by atoms with Crippen LogP contribution in [0.3, 0.4) is 0 Å². The van der Waals surface area contributed by atoms with Crippen LogP contribution in [-0.2, 0) is 6.54 Å². The van der Waals surface area contributed by atoms with E-state index in [9.17, 15) is 0 Å². The maximum atomic E-state index is 6.12. The molecule has 0 amide bonds. The molecule has 2 aliphatic rings. The predicted octanol–water partition coefficient (Wildman–Crippen LogP) is 4.96. The maximum absolute atomic E-state index is 6.12. The molecule has 0 spiro atoms. The molecule has 1 fully saturated rings. The average molecular weight is 372 g/mol. The van der Waals surface area contributed by atoms with Crippen molar-refractivity contribution in [1.82, 2.24) is 9.97 Å². The number of anilines is 1. The third kappa shape index (κ3) is 3.44. The lowest BCUT2D eigenvalue weighted by molar-refractivity contribution is 0.205. The zero-order valence-electron chi connectivity index (χ0n) is 15.9. The molecule has 1 N–H and O–H groups in total. The number of aromatic nitrogens is 2. The van der Waals surface area contributed by atoms with Gasteiger partial charge in [-0.2, -0.15) is 0 Å². The molecule has 1 saturated carbocycles. The molecule has 142 valence electrons. The van der Waals surface area contributed by atoms with E-state index in [0.29, 0.717) is 12.5 Å². The molecule has 1 aromatic carbocycles. The van der Waals surface area contributed by atoms with Crippen LogP contribution in [0.1, 0.15) is 43.4 Å². The number of amidine groups is 1. The van der Waals surface area contributed by atoms with Gasteiger partial charge in [-0.05, 0) is 60.5 Å². The third-order valence-electron chi connectivity index (χ3n) is 5.70. The monoisotopic (exact) mass is 372 g/mol. The molecule has 0 saturated heterocycles. The Bertz CT molecular complexity index is 1020. The fraction of sp³-hybridized carbons (Fsp3) is 0.348. The van der Waals surface area contributed by atoms with Crippen molar-refractivity contribution in [2.75, 3.05) is 11.9 Å². The summed E-state index contributed by atoms with van der Waals surface area (Å²) in [6, 6.07) is 12.3. The van der Waals surface area contributed by atoms with E-state index in [1.54, 1.807) is 0 Å². The van der Waals surface area contributed by atoms with Crippen LogP contribution < -0.4 is 10.1 Å². The number of hydrogen-bond donors (Lipinski definition) is 1. The van der Waals surface area contributed by atoms with Crippen LogP contribution in [0.25, 0.3) is 10.8 Å². The Balaban J connectivity index is 1.34. The van der Waals surface area contributed by atoms with Crippen molar-refractivity contribution in [3.63, 3.8) is 0 Å². The van der Waals surface area contributed by atoms with Gasteiger partial charge in [0.1, 0.15) is 5.84 Å². The third-order valence-corrected chi connectivity index (χ3v) is 5.70. The van der Waals surface area contributed by atoms with E-state index in [2.05, 4.69) is 44.5 Å². The summed E-state index contributed by atoms with van der Waals surface area (Å²) in [6.07, 6.45) is 10.2. The van der Waals surface area contributed by atoms with Crippen molar-refractivity contribution in [3.8, 4) is 5.88 Å². The van der Waals surface area contributed by atoms with Gasteiger partial charge in [0.25, 0.3) is 0 Å². The first-order valence-electron chi connectivity index (χ1n) is 10.1. The molecule has 0 radical (unpaired) electrons. The zero-order valence-corrected chi connectivity index (χ0v) is 15.9. The van der Waals surface area contributed by atoms with Crippen LogP contribution in [0.15, 0.2) is 53.8 Å². The summed E-state index contributed by atoms with van der Waals surface area (Å²) < 4.78 is 6.12. The molecule has 5 rings (SSSR count). The minimum Gasteiger partial charge on any atom is -0.477 e. The minimum atomic E-state index is 0.634. The van der Waals surface area contributed by atoms with Crippen LogP contribution in [0.4, 0.5) is 5.69 Å². The number of rotatable bonds is 4. The van der Waals surface area contributed by atoms with E-state index >= 15 is 0 Å². The van der Waals surface area contributed by atoms with Crippen LogP contribution in [0, 0.1) is 5.92 Å². The first kappa shape index (κ1) is 17.2. The van der Waals surface area contributed by atoms with Gasteiger partial charge < -0.3 is 10.1 Å². The van der Waals surface area contributed by atoms with Crippen molar-refractivity contribution >= 4 is 22.3 Å². The molecule has 0 unspecified atom stereocenters. The van der Waals surface area contributed by atoms with Gasteiger partial charge >= 0.3 is 0 Å². The maximum Gasteiger partial charge on any atom is 0.221 e. The second-order valence-electron chi connectivity index (χ2n) is 7.65. The Kier molecular flexibility index (Phi) is 4.65. The van der Waals surface area contributed by atoms with E-state index in [-0.39, 0.29) is 0 Å². The van der Waals surface area contributed by atoms with Gasteiger partial charge in [-0.3, -0.25) is 9.98 Å². The average Bonchev–Trinajstić information content (AvgIpc) is 3.16. The highest BCUT2D eigenvalue weighted by Gasteiger charge is 2.17. The molecule has 3 heterocycles. The summed E-state index contributed by atoms with van der Waals surface area (Å²) in [5, 5.41) is 5.61. The standard InChI is InChI=1S/C23H24N4O/c1-2-5-16(6-3-1)15-28-23-19-9-8-18(13-17(19)10-12-25-23)27-22-20-7-4-11-24-21(20)14-26-22/h4,7-13,16H,1-3,5-6,14-15H2,(H,26,27). The fourth-order valence-corrected chi connectivity index (χ4v) is 4.16. The van der Waals surface area contributed by atoms with Crippen molar-refractivity contribution < 1.29 is 4.74 Å². The lowest BCUT2D eigenvalue weighted by Crippen LogP contribution is -2.15. The van der Waals surface area contributed by atoms with E-state index in [4.69, 9.17) is 4.74 Å². The van der Waals surface area contributed by atoms with Crippen LogP contribution in [0.5, 0.6) is 5.88 Å². The molecular weight excluding hydrogens is 348 g/mol. The number of pyridine rings is 2. The molecule has 2 aromatic heterocycles. The Hall–Kier alpha value is -2.95. The molecule has 0 atom stereocenters. The molecule has 28 heavy (non-hydrogen) atoms. The van der Waals surface area contributed by atoms with E-state index in [0.717, 1.165) is 46.0 Å². The molecule has 0 bridgehead atoms. The van der Waals surface area contributed by atoms with Crippen LogP contribution in [0.2, 0.25) is 0 Å². The first-order chi connectivity index (χ1) is 13.9. The summed E-state index contributed by atoms with van der Waals surface area (Å²) in [6.45, 7) is 1.40. The first-order valence-corrected chi connectivity index (χ1v) is 10.1. The number of benzene rings is 1. The van der Waals surface area contributed by atoms with Gasteiger partial charge in [0.05, 0.1) is 18.8 Å². The van der Waals surface area contributed by atoms with E-state index in [1.807, 2.05) is 24.5 Å². The Morgan fingerprint density at radius 1 is 1.00 bits per heavy atom. The molecule has 1 aliphatic carbocycles. The number of aliphatic imine (C=N–C) groups is 1. The van der Waals surface area contributed by atoms with Crippen molar-refractivity contribution in [2.24, 2.45) is 10.9 Å². The quantitative estimate of drug-likeness (QED) is 0.703. The SMILES string of the molecule is c1cnc2c(c1)C(Nc1ccc3c(OCC4CCCCC4)nccc3c1)=NC2. The molecule has 3 aromatic rings. The van der Waals surface area contributed by atoms with Crippen molar-refractivity contribution in [3.05, 3.63) is 60.0 Å². The molecule has 5 heteroatoms. The fourth-order valence-electron chi connectivity index (χ4n) is 4.16. The topological polar surface area (TPSA) is 59.4 Å². The van der Waals surface area contributed by atoms with Gasteiger partial charge in [-0.25, -0.2) is 4.98 Å². The number of nitrogens with one attached hydrogen (secondary N) is 1. The van der Waals surface area contributed by atoms with Crippen molar-refractivity contribution in [2.45, 2.75) is 38.6 Å². The van der Waals surface area contributed by atoms with Gasteiger partial charge in [-0.1, -0.05) is 19.3 Å². The van der Waals surface area contributed by atoms with Crippen LogP contribution in [-0.4, -0.2) is 22.4 Å². The number of ether oxygens (including phenoxy) is 1. The Morgan fingerprint density at radius 3 is 2.86 bits per heavy atom. The number of hydrogen-bond acceptors (Lipinski definition) is 5. The van der Waals surface area contributed by atoms with E-state index < -0.39 is 0 Å². The highest BCUT2D eigenvalue weighted by atomic mass is 16.5. The second-order valence-corrected chi connectivity index (χ2v) is 7.65. The lowest BCUT2D eigenvalue weighted by Gasteiger charge is -2.21. The minimum absolute atomic E-state index is 0.634. The predicted molar refractivity (Wildman–Crippen MR) is 112 cm³/mol. The Morgan fingerprint density at radius 2 is 1.93 bits per heavy atom. The smallest absolute Gasteiger partial charge is 0.221 e. The highest BCUT2D eigenvalue weighted by molar-refractivity contribution is 6.11. The molecule has 1 aliphatic heterocycles. The molecular formula is C23H24N4O. The largest absolute Gasteiger partial charge is 0.477 e. The highest BCUT2D eigenvalue weighted by Crippen LogP contribution is 2.29. The van der Waals surface area contributed by atoms with Gasteiger partial charge in [0.2, 0.25) is 5.88 Å². The van der Waals surface area contributed by atoms with Gasteiger partial charge in [0.15, 0.2) is 0 Å². The van der Waals surface area contributed by atoms with Crippen LogP contribution >= 0.6 is 0 Å². The van der Waals surface area contributed by atoms with Gasteiger partial charge in [-0.15, -0.1) is 0 Å². The second kappa shape index (κ2) is 7.58. The van der Waals surface area contributed by atoms with E-state index in [1.165, 1.54) is 32.1 Å². The summed E-state index contributed by atoms with van der Waals surface area (Å²) in [5.41, 5.74) is 3.11. The normalized spacial score (nSPS) is 16.6. The number of nitrogens with zero attached hydrogens (tertiary/aromatic N) is 3. The Labute approximate surface area is 164 Å². The summed E-state index contributed by atoms with van der Waals surface area (Å²) in [4.78, 5) is 13.5. The lowest BCUT2D eigenvalue weighted by atomic mass is 9.90. The number of fused-ring (bicyclic) bond motifs is 2. The molecule has 5 nitrogen and oxygen atoms in total. The van der Waals surface area contributed by atoms with Gasteiger partial charge in [0, 0.05) is 29.0 Å². The summed E-state index contributed by atoms with van der Waals surface area (Å²) >= 11 is 0. The van der Waals surface area contributed by atoms with Crippen molar-refractivity contribution in [1.29, 1.82) is 0 Å². The summed E-state index contributed by atoms with van der Waals surface area (Å²) in [5.74, 6) is 2.29.